The first-order chi connectivity index (χ1) is 10.2. The largest absolute Gasteiger partial charge is 0.394 e. The molecule has 2 N–H and O–H groups in total. The first-order valence-electron chi connectivity index (χ1n) is 7.00. The third-order valence-corrected chi connectivity index (χ3v) is 4.04. The molecule has 1 saturated heterocycles. The number of ether oxygens (including phenoxy) is 1. The average Bonchev–Trinajstić information content (AvgIpc) is 2.55. The number of alkyl halides is 1. The zero-order valence-electron chi connectivity index (χ0n) is 11.9. The molecule has 0 aromatic heterocycles. The molecule has 116 valence electrons. The Balaban J connectivity index is 2.09. The summed E-state index contributed by atoms with van der Waals surface area (Å²) in [6, 6.07) is 10.1. The lowest BCUT2D eigenvalue weighted by Gasteiger charge is -2.46. The molecule has 5 nitrogen and oxygen atoms in total. The minimum Gasteiger partial charge on any atom is -0.394 e. The molecule has 0 saturated carbocycles. The van der Waals surface area contributed by atoms with Crippen molar-refractivity contribution in [2.45, 2.75) is 12.1 Å². The van der Waals surface area contributed by atoms with E-state index in [0.29, 0.717) is 32.8 Å². The van der Waals surface area contributed by atoms with Gasteiger partial charge in [0.25, 0.3) is 0 Å². The molecular formula is C15H21ClN2O3. The molecule has 1 aromatic carbocycles. The molecular weight excluding hydrogens is 292 g/mol. The molecule has 1 aliphatic heterocycles. The van der Waals surface area contributed by atoms with E-state index in [9.17, 15) is 9.90 Å². The summed E-state index contributed by atoms with van der Waals surface area (Å²) in [4.78, 5) is 13.6. The number of morpholine rings is 1. The lowest BCUT2D eigenvalue weighted by molar-refractivity contribution is -0.123. The molecule has 1 fully saturated rings. The van der Waals surface area contributed by atoms with Crippen LogP contribution in [0, 0.1) is 0 Å². The third-order valence-electron chi connectivity index (χ3n) is 3.79. The first kappa shape index (κ1) is 16.2. The number of nitrogens with zero attached hydrogens (tertiary/aromatic N) is 1. The highest BCUT2D eigenvalue weighted by Crippen LogP contribution is 2.22. The lowest BCUT2D eigenvalue weighted by Crippen LogP contribution is -2.64. The van der Waals surface area contributed by atoms with Gasteiger partial charge in [0.05, 0.1) is 25.4 Å². The Labute approximate surface area is 129 Å². The van der Waals surface area contributed by atoms with Crippen molar-refractivity contribution in [3.05, 3.63) is 35.9 Å². The number of hydrogen-bond acceptors (Lipinski definition) is 4. The molecule has 1 aromatic rings. The quantitative estimate of drug-likeness (QED) is 0.755. The highest BCUT2D eigenvalue weighted by Gasteiger charge is 2.39. The molecule has 0 bridgehead atoms. The summed E-state index contributed by atoms with van der Waals surface area (Å²) in [7, 11) is 0. The van der Waals surface area contributed by atoms with Crippen LogP contribution < -0.4 is 5.32 Å². The van der Waals surface area contributed by atoms with Crippen LogP contribution >= 0.6 is 11.6 Å². The van der Waals surface area contributed by atoms with Crippen LogP contribution in [-0.2, 0) is 16.1 Å². The van der Waals surface area contributed by atoms with Crippen molar-refractivity contribution in [2.24, 2.45) is 0 Å². The minimum absolute atomic E-state index is 0.0810. The number of halogens is 1. The molecule has 0 aliphatic carbocycles. The Kier molecular flexibility index (Phi) is 5.99. The van der Waals surface area contributed by atoms with Crippen LogP contribution in [-0.4, -0.2) is 60.2 Å². The van der Waals surface area contributed by atoms with Gasteiger partial charge in [0.15, 0.2) is 0 Å². The molecule has 6 heteroatoms. The average molecular weight is 313 g/mol. The number of aliphatic hydroxyl groups excluding tert-OH is 1. The van der Waals surface area contributed by atoms with Crippen molar-refractivity contribution >= 4 is 17.5 Å². The normalized spacial score (nSPS) is 23.0. The van der Waals surface area contributed by atoms with Gasteiger partial charge in [-0.3, -0.25) is 9.69 Å². The van der Waals surface area contributed by atoms with Crippen LogP contribution in [0.2, 0.25) is 0 Å². The predicted octanol–water partition coefficient (Wildman–Crippen LogP) is 0.605. The fourth-order valence-corrected chi connectivity index (χ4v) is 2.59. The summed E-state index contributed by atoms with van der Waals surface area (Å²) in [6.45, 7) is 2.68. The van der Waals surface area contributed by atoms with Crippen molar-refractivity contribution < 1.29 is 14.6 Å². The number of carbonyl (C=O) groups excluding carboxylic acids is 1. The molecule has 21 heavy (non-hydrogen) atoms. The number of nitrogens with one attached hydrogen (secondary N) is 1. The zero-order valence-corrected chi connectivity index (χ0v) is 12.7. The standard InChI is InChI=1S/C15H21ClN2O3/c16-8-14(20)17-10-15(11-19)12-21-7-6-18(15)9-13-4-2-1-3-5-13/h1-5,19H,6-12H2,(H,17,20). The van der Waals surface area contributed by atoms with Gasteiger partial charge in [0.2, 0.25) is 5.91 Å². The Morgan fingerprint density at radius 1 is 1.43 bits per heavy atom. The van der Waals surface area contributed by atoms with E-state index >= 15 is 0 Å². The fourth-order valence-electron chi connectivity index (χ4n) is 2.49. The summed E-state index contributed by atoms with van der Waals surface area (Å²) in [5.74, 6) is -0.323. The second-order valence-electron chi connectivity index (χ2n) is 5.25. The van der Waals surface area contributed by atoms with Crippen LogP contribution in [0.3, 0.4) is 0 Å². The van der Waals surface area contributed by atoms with Crippen LogP contribution in [0.1, 0.15) is 5.56 Å². The fraction of sp³-hybridized carbons (Fsp3) is 0.533. The van der Waals surface area contributed by atoms with E-state index in [0.717, 1.165) is 0 Å². The van der Waals surface area contributed by atoms with E-state index in [1.165, 1.54) is 5.56 Å². The van der Waals surface area contributed by atoms with Crippen LogP contribution in [0.15, 0.2) is 30.3 Å². The van der Waals surface area contributed by atoms with Crippen LogP contribution in [0.5, 0.6) is 0 Å². The van der Waals surface area contributed by atoms with E-state index in [1.807, 2.05) is 18.2 Å². The molecule has 0 radical (unpaired) electrons. The smallest absolute Gasteiger partial charge is 0.234 e. The van der Waals surface area contributed by atoms with E-state index in [1.54, 1.807) is 0 Å². The molecule has 1 amide bonds. The number of hydrogen-bond donors (Lipinski definition) is 2. The van der Waals surface area contributed by atoms with Crippen molar-refractivity contribution in [1.29, 1.82) is 0 Å². The van der Waals surface area contributed by atoms with Crippen molar-refractivity contribution in [3.63, 3.8) is 0 Å². The van der Waals surface area contributed by atoms with Crippen molar-refractivity contribution in [1.82, 2.24) is 10.2 Å². The number of amides is 1. The van der Waals surface area contributed by atoms with Crippen molar-refractivity contribution in [2.75, 3.05) is 38.8 Å². The Morgan fingerprint density at radius 3 is 2.86 bits per heavy atom. The highest BCUT2D eigenvalue weighted by molar-refractivity contribution is 6.27. The second-order valence-corrected chi connectivity index (χ2v) is 5.52. The topological polar surface area (TPSA) is 61.8 Å². The Bertz CT molecular complexity index is 457. The summed E-state index contributed by atoms with van der Waals surface area (Å²) < 4.78 is 5.52. The molecule has 1 unspecified atom stereocenters. The number of aliphatic hydroxyl groups is 1. The van der Waals surface area contributed by atoms with Gasteiger partial charge in [0.1, 0.15) is 5.88 Å². The van der Waals surface area contributed by atoms with E-state index in [4.69, 9.17) is 16.3 Å². The van der Waals surface area contributed by atoms with E-state index in [2.05, 4.69) is 22.3 Å². The molecule has 1 aliphatic rings. The summed E-state index contributed by atoms with van der Waals surface area (Å²) in [6.07, 6.45) is 0. The van der Waals surface area contributed by atoms with Gasteiger partial charge in [-0.2, -0.15) is 0 Å². The number of rotatable bonds is 6. The van der Waals surface area contributed by atoms with Gasteiger partial charge in [-0.25, -0.2) is 0 Å². The molecule has 0 spiro atoms. The van der Waals surface area contributed by atoms with Gasteiger partial charge in [-0.15, -0.1) is 11.6 Å². The molecule has 1 heterocycles. The van der Waals surface area contributed by atoms with Crippen LogP contribution in [0.4, 0.5) is 0 Å². The lowest BCUT2D eigenvalue weighted by atomic mass is 9.96. The number of benzene rings is 1. The minimum atomic E-state index is -0.601. The Hall–Kier alpha value is -1.14. The summed E-state index contributed by atoms with van der Waals surface area (Å²) in [5, 5.41) is 12.6. The van der Waals surface area contributed by atoms with Gasteiger partial charge >= 0.3 is 0 Å². The zero-order chi connectivity index (χ0) is 15.1. The van der Waals surface area contributed by atoms with E-state index < -0.39 is 5.54 Å². The predicted molar refractivity (Wildman–Crippen MR) is 81.2 cm³/mol. The van der Waals surface area contributed by atoms with Crippen molar-refractivity contribution in [3.8, 4) is 0 Å². The van der Waals surface area contributed by atoms with E-state index in [-0.39, 0.29) is 18.4 Å². The monoisotopic (exact) mass is 312 g/mol. The Morgan fingerprint density at radius 2 is 2.19 bits per heavy atom. The van der Waals surface area contributed by atoms with Gasteiger partial charge in [-0.1, -0.05) is 30.3 Å². The first-order valence-corrected chi connectivity index (χ1v) is 7.54. The maximum atomic E-state index is 11.4. The summed E-state index contributed by atoms with van der Waals surface area (Å²) in [5.41, 5.74) is 0.566. The maximum absolute atomic E-state index is 11.4. The molecule has 2 rings (SSSR count). The number of carbonyl (C=O) groups is 1. The highest BCUT2D eigenvalue weighted by atomic mass is 35.5. The SMILES string of the molecule is O=C(CCl)NCC1(CO)COCCN1Cc1ccccc1. The third kappa shape index (κ3) is 4.17. The van der Waals surface area contributed by atoms with Gasteiger partial charge in [0, 0.05) is 19.6 Å². The van der Waals surface area contributed by atoms with Gasteiger partial charge < -0.3 is 15.2 Å². The summed E-state index contributed by atoms with van der Waals surface area (Å²) >= 11 is 5.51. The second kappa shape index (κ2) is 7.75. The van der Waals surface area contributed by atoms with Gasteiger partial charge in [-0.05, 0) is 5.56 Å². The van der Waals surface area contributed by atoms with Crippen LogP contribution in [0.25, 0.3) is 0 Å². The molecule has 1 atom stereocenters. The maximum Gasteiger partial charge on any atom is 0.234 e.